The van der Waals surface area contributed by atoms with E-state index in [9.17, 15) is 12.8 Å². The van der Waals surface area contributed by atoms with Crippen LogP contribution in [0.4, 0.5) is 15.8 Å². The minimum Gasteiger partial charge on any atom is -0.398 e. The van der Waals surface area contributed by atoms with Gasteiger partial charge in [-0.25, -0.2) is 12.8 Å². The molecule has 0 unspecified atom stereocenters. The number of nitrogens with one attached hydrogen (secondary N) is 1. The number of nitrogen functional groups attached to an aromatic ring is 1. The van der Waals surface area contributed by atoms with Gasteiger partial charge in [0.2, 0.25) is 0 Å². The molecule has 0 bridgehead atoms. The molecule has 0 aliphatic rings. The van der Waals surface area contributed by atoms with Gasteiger partial charge in [0.05, 0.1) is 20.9 Å². The molecule has 20 heavy (non-hydrogen) atoms. The van der Waals surface area contributed by atoms with E-state index in [4.69, 9.17) is 17.3 Å². The second-order valence-corrected chi connectivity index (χ2v) is 6.80. The van der Waals surface area contributed by atoms with Crippen LogP contribution in [0.3, 0.4) is 0 Å². The van der Waals surface area contributed by atoms with Crippen LogP contribution in [0.1, 0.15) is 0 Å². The van der Waals surface area contributed by atoms with Crippen molar-refractivity contribution in [1.29, 1.82) is 0 Å². The molecule has 0 spiro atoms. The van der Waals surface area contributed by atoms with Gasteiger partial charge in [-0.1, -0.05) is 23.7 Å². The summed E-state index contributed by atoms with van der Waals surface area (Å²) in [6.45, 7) is 0. The molecule has 4 nitrogen and oxygen atoms in total. The summed E-state index contributed by atoms with van der Waals surface area (Å²) < 4.78 is 40.1. The van der Waals surface area contributed by atoms with E-state index in [2.05, 4.69) is 20.7 Å². The molecule has 0 atom stereocenters. The van der Waals surface area contributed by atoms with Gasteiger partial charge in [-0.2, -0.15) is 0 Å². The van der Waals surface area contributed by atoms with Crippen LogP contribution in [0, 0.1) is 5.82 Å². The third-order valence-electron chi connectivity index (χ3n) is 2.46. The lowest BCUT2D eigenvalue weighted by atomic mass is 10.3. The van der Waals surface area contributed by atoms with E-state index in [1.54, 1.807) is 18.2 Å². The first kappa shape index (κ1) is 15.1. The lowest BCUT2D eigenvalue weighted by Gasteiger charge is -2.12. The Balaban J connectivity index is 2.47. The molecule has 0 amide bonds. The first-order chi connectivity index (χ1) is 9.31. The minimum atomic E-state index is -3.96. The normalized spacial score (nSPS) is 11.3. The van der Waals surface area contributed by atoms with Gasteiger partial charge in [-0.3, -0.25) is 4.72 Å². The van der Waals surface area contributed by atoms with Crippen molar-refractivity contribution in [2.45, 2.75) is 4.90 Å². The number of nitrogens with two attached hydrogens (primary N) is 1. The number of sulfonamides is 1. The molecule has 3 N–H and O–H groups in total. The SMILES string of the molecule is Nc1cc(F)c(Br)cc1S(=O)(=O)Nc1ccccc1Cl. The molecule has 0 saturated carbocycles. The summed E-state index contributed by atoms with van der Waals surface area (Å²) in [4.78, 5) is -0.231. The first-order valence-electron chi connectivity index (χ1n) is 5.33. The molecule has 0 heterocycles. The highest BCUT2D eigenvalue weighted by Crippen LogP contribution is 2.29. The zero-order chi connectivity index (χ0) is 14.9. The third-order valence-corrected chi connectivity index (χ3v) is 4.82. The van der Waals surface area contributed by atoms with E-state index in [-0.39, 0.29) is 25.8 Å². The predicted molar refractivity (Wildman–Crippen MR) is 80.8 cm³/mol. The fraction of sp³-hybridized carbons (Fsp3) is 0. The van der Waals surface area contributed by atoms with E-state index in [1.807, 2.05) is 0 Å². The van der Waals surface area contributed by atoms with Gasteiger partial charge in [-0.05, 0) is 40.2 Å². The van der Waals surface area contributed by atoms with Crippen LogP contribution in [0.5, 0.6) is 0 Å². The maximum atomic E-state index is 13.3. The molecule has 0 aromatic heterocycles. The van der Waals surface area contributed by atoms with Gasteiger partial charge >= 0.3 is 0 Å². The van der Waals surface area contributed by atoms with Crippen molar-refractivity contribution in [3.63, 3.8) is 0 Å². The number of halogens is 3. The Morgan fingerprint density at radius 3 is 2.55 bits per heavy atom. The summed E-state index contributed by atoms with van der Waals surface area (Å²) in [6, 6.07) is 8.39. The Morgan fingerprint density at radius 2 is 1.90 bits per heavy atom. The van der Waals surface area contributed by atoms with Crippen molar-refractivity contribution in [3.8, 4) is 0 Å². The summed E-state index contributed by atoms with van der Waals surface area (Å²) in [7, 11) is -3.96. The average Bonchev–Trinajstić information content (AvgIpc) is 2.36. The average molecular weight is 380 g/mol. The molecule has 0 fully saturated rings. The Hall–Kier alpha value is -1.31. The molecular formula is C12H9BrClFN2O2S. The molecule has 2 rings (SSSR count). The fourth-order valence-electron chi connectivity index (χ4n) is 1.52. The lowest BCUT2D eigenvalue weighted by molar-refractivity contribution is 0.599. The Morgan fingerprint density at radius 1 is 1.25 bits per heavy atom. The highest BCUT2D eigenvalue weighted by Gasteiger charge is 2.20. The first-order valence-corrected chi connectivity index (χ1v) is 7.98. The van der Waals surface area contributed by atoms with Crippen molar-refractivity contribution >= 4 is 48.9 Å². The maximum Gasteiger partial charge on any atom is 0.264 e. The summed E-state index contributed by atoms with van der Waals surface area (Å²) in [6.07, 6.45) is 0. The van der Waals surface area contributed by atoms with Gasteiger partial charge in [0, 0.05) is 0 Å². The summed E-state index contributed by atoms with van der Waals surface area (Å²) in [5, 5.41) is 0.246. The van der Waals surface area contributed by atoms with Crippen molar-refractivity contribution in [2.75, 3.05) is 10.5 Å². The Kier molecular flexibility index (Phi) is 4.22. The molecule has 8 heteroatoms. The van der Waals surface area contributed by atoms with Crippen molar-refractivity contribution in [1.82, 2.24) is 0 Å². The quantitative estimate of drug-likeness (QED) is 0.800. The Labute approximate surface area is 128 Å². The largest absolute Gasteiger partial charge is 0.398 e. The van der Waals surface area contributed by atoms with Crippen LogP contribution < -0.4 is 10.5 Å². The monoisotopic (exact) mass is 378 g/mol. The summed E-state index contributed by atoms with van der Waals surface area (Å²) in [5.74, 6) is -0.640. The molecule has 106 valence electrons. The van der Waals surface area contributed by atoms with Crippen LogP contribution in [-0.2, 0) is 10.0 Å². The number of benzene rings is 2. The molecule has 2 aromatic rings. The zero-order valence-corrected chi connectivity index (χ0v) is 13.1. The third kappa shape index (κ3) is 3.05. The molecule has 0 aliphatic carbocycles. The van der Waals surface area contributed by atoms with E-state index < -0.39 is 15.8 Å². The fourth-order valence-corrected chi connectivity index (χ4v) is 3.47. The maximum absolute atomic E-state index is 13.3. The smallest absolute Gasteiger partial charge is 0.264 e. The second kappa shape index (κ2) is 5.59. The topological polar surface area (TPSA) is 72.2 Å². The summed E-state index contributed by atoms with van der Waals surface area (Å²) >= 11 is 8.81. The van der Waals surface area contributed by atoms with Crippen molar-refractivity contribution in [2.24, 2.45) is 0 Å². The standard InChI is InChI=1S/C12H9BrClFN2O2S/c13-7-5-12(10(16)6-9(7)15)20(18,19)17-11-4-2-1-3-8(11)14/h1-6,17H,16H2. The van der Waals surface area contributed by atoms with Crippen LogP contribution in [0.15, 0.2) is 45.8 Å². The molecule has 2 aromatic carbocycles. The van der Waals surface area contributed by atoms with Crippen LogP contribution in [0.2, 0.25) is 5.02 Å². The zero-order valence-electron chi connectivity index (χ0n) is 9.90. The van der Waals surface area contributed by atoms with Crippen LogP contribution >= 0.6 is 27.5 Å². The number of para-hydroxylation sites is 1. The highest BCUT2D eigenvalue weighted by atomic mass is 79.9. The van der Waals surface area contributed by atoms with Crippen LogP contribution in [0.25, 0.3) is 0 Å². The molecule has 0 saturated heterocycles. The number of rotatable bonds is 3. The number of anilines is 2. The lowest BCUT2D eigenvalue weighted by Crippen LogP contribution is -2.15. The molecule has 0 radical (unpaired) electrons. The van der Waals surface area contributed by atoms with Gasteiger partial charge < -0.3 is 5.73 Å². The minimum absolute atomic E-state index is 0.00577. The highest BCUT2D eigenvalue weighted by molar-refractivity contribution is 9.10. The van der Waals surface area contributed by atoms with Gasteiger partial charge in [0.15, 0.2) is 0 Å². The van der Waals surface area contributed by atoms with Crippen molar-refractivity contribution in [3.05, 3.63) is 51.7 Å². The van der Waals surface area contributed by atoms with Gasteiger partial charge in [0.25, 0.3) is 10.0 Å². The van der Waals surface area contributed by atoms with Gasteiger partial charge in [0.1, 0.15) is 10.7 Å². The number of hydrogen-bond acceptors (Lipinski definition) is 3. The predicted octanol–water partition coefficient (Wildman–Crippen LogP) is 3.62. The van der Waals surface area contributed by atoms with Crippen molar-refractivity contribution < 1.29 is 12.8 Å². The Bertz CT molecular complexity index is 768. The second-order valence-electron chi connectivity index (χ2n) is 3.89. The molecular weight excluding hydrogens is 371 g/mol. The van der Waals surface area contributed by atoms with E-state index in [0.717, 1.165) is 12.1 Å². The van der Waals surface area contributed by atoms with Gasteiger partial charge in [-0.15, -0.1) is 0 Å². The van der Waals surface area contributed by atoms with E-state index in [0.29, 0.717) is 0 Å². The number of hydrogen-bond donors (Lipinski definition) is 2. The van der Waals surface area contributed by atoms with E-state index >= 15 is 0 Å². The summed E-state index contributed by atoms with van der Waals surface area (Å²) in [5.41, 5.74) is 5.58. The molecule has 0 aliphatic heterocycles. The van der Waals surface area contributed by atoms with E-state index in [1.165, 1.54) is 6.07 Å². The van der Waals surface area contributed by atoms with Crippen LogP contribution in [-0.4, -0.2) is 8.42 Å².